The average molecular weight is 597 g/mol. The van der Waals surface area contributed by atoms with Gasteiger partial charge in [0.1, 0.15) is 13.2 Å². The first-order valence-electron chi connectivity index (χ1n) is 17.6. The van der Waals surface area contributed by atoms with Crippen molar-refractivity contribution >= 4 is 17.8 Å². The van der Waals surface area contributed by atoms with Gasteiger partial charge in [-0.15, -0.1) is 0 Å². The molecule has 0 N–H and O–H groups in total. The molecule has 7 nitrogen and oxygen atoms in total. The maximum absolute atomic E-state index is 13.2. The number of ether oxygens (including phenoxy) is 2. The Kier molecular flexibility index (Phi) is 25.9. The summed E-state index contributed by atoms with van der Waals surface area (Å²) < 4.78 is 11.3. The number of hydrogen-bond acceptors (Lipinski definition) is 6. The lowest BCUT2D eigenvalue weighted by Gasteiger charge is -2.28. The lowest BCUT2D eigenvalue weighted by molar-refractivity contribution is -0.152. The first-order valence-corrected chi connectivity index (χ1v) is 17.6. The van der Waals surface area contributed by atoms with Crippen LogP contribution in [0.4, 0.5) is 0 Å². The summed E-state index contributed by atoms with van der Waals surface area (Å²) in [7, 11) is 2.01. The zero-order valence-electron chi connectivity index (χ0n) is 28.7. The van der Waals surface area contributed by atoms with Crippen molar-refractivity contribution in [3.8, 4) is 0 Å². The monoisotopic (exact) mass is 597 g/mol. The van der Waals surface area contributed by atoms with E-state index in [9.17, 15) is 14.4 Å². The second-order valence-electron chi connectivity index (χ2n) is 12.2. The number of unbranched alkanes of at least 4 members (excludes halogenated alkanes) is 10. The molecule has 7 heteroatoms. The van der Waals surface area contributed by atoms with Gasteiger partial charge in [0.2, 0.25) is 5.91 Å². The number of hydrogen-bond donors (Lipinski definition) is 0. The van der Waals surface area contributed by atoms with Gasteiger partial charge in [0, 0.05) is 12.5 Å². The van der Waals surface area contributed by atoms with Crippen molar-refractivity contribution in [2.24, 2.45) is 11.8 Å². The Hall–Kier alpha value is -1.63. The fourth-order valence-electron chi connectivity index (χ4n) is 5.28. The molecule has 0 rings (SSSR count). The van der Waals surface area contributed by atoms with Crippen LogP contribution in [0.15, 0.2) is 0 Å². The standard InChI is InChI=1S/C35H68N2O5/c1-8-13-15-17-19-21-23-31(10-3)34(39)41-27-25-37(33(38)29-30(6)36(7)12-5)26-28-42-35(40)32(11-4)24-22-20-18-16-14-9-2/h30-32H,8-29H2,1-7H3. The second-order valence-corrected chi connectivity index (χ2v) is 12.2. The van der Waals surface area contributed by atoms with Crippen LogP contribution in [0.25, 0.3) is 0 Å². The number of amides is 1. The first-order chi connectivity index (χ1) is 20.2. The summed E-state index contributed by atoms with van der Waals surface area (Å²) in [5, 5.41) is 0. The van der Waals surface area contributed by atoms with Crippen molar-refractivity contribution < 1.29 is 23.9 Å². The molecular weight excluding hydrogens is 528 g/mol. The summed E-state index contributed by atoms with van der Waals surface area (Å²) >= 11 is 0. The van der Waals surface area contributed by atoms with Crippen LogP contribution in [0.5, 0.6) is 0 Å². The highest BCUT2D eigenvalue weighted by Crippen LogP contribution is 2.18. The van der Waals surface area contributed by atoms with Crippen LogP contribution in [-0.4, -0.2) is 73.6 Å². The van der Waals surface area contributed by atoms with Crippen molar-refractivity contribution in [1.82, 2.24) is 9.80 Å². The second kappa shape index (κ2) is 27.0. The molecule has 0 aromatic rings. The highest BCUT2D eigenvalue weighted by Gasteiger charge is 2.23. The molecule has 0 aliphatic heterocycles. The summed E-state index contributed by atoms with van der Waals surface area (Å²) in [5.41, 5.74) is 0. The molecule has 248 valence electrons. The van der Waals surface area contributed by atoms with E-state index < -0.39 is 0 Å². The van der Waals surface area contributed by atoms with Crippen molar-refractivity contribution in [3.63, 3.8) is 0 Å². The SMILES string of the molecule is CCCCCCCCC(CC)C(=O)OCCN(CCOC(=O)C(CC)CCCCCCCC)C(=O)CC(C)N(C)CC. The lowest BCUT2D eigenvalue weighted by atomic mass is 9.98. The molecule has 0 spiro atoms. The minimum absolute atomic E-state index is 0.00635. The zero-order valence-corrected chi connectivity index (χ0v) is 28.7. The van der Waals surface area contributed by atoms with Gasteiger partial charge in [-0.1, -0.05) is 112 Å². The topological polar surface area (TPSA) is 76.1 Å². The molecule has 3 unspecified atom stereocenters. The molecule has 0 saturated carbocycles. The van der Waals surface area contributed by atoms with Crippen LogP contribution < -0.4 is 0 Å². The van der Waals surface area contributed by atoms with E-state index in [1.54, 1.807) is 4.90 Å². The van der Waals surface area contributed by atoms with E-state index in [0.29, 0.717) is 19.5 Å². The highest BCUT2D eigenvalue weighted by atomic mass is 16.5. The molecule has 0 aliphatic rings. The van der Waals surface area contributed by atoms with Crippen LogP contribution in [0.2, 0.25) is 0 Å². The van der Waals surface area contributed by atoms with Crippen LogP contribution >= 0.6 is 0 Å². The number of esters is 2. The van der Waals surface area contributed by atoms with E-state index in [1.807, 2.05) is 27.8 Å². The van der Waals surface area contributed by atoms with Gasteiger partial charge in [-0.25, -0.2) is 0 Å². The number of carbonyl (C=O) groups is 3. The molecule has 42 heavy (non-hydrogen) atoms. The number of nitrogens with zero attached hydrogens (tertiary/aromatic N) is 2. The summed E-state index contributed by atoms with van der Waals surface area (Å²) in [4.78, 5) is 42.6. The Morgan fingerprint density at radius 2 is 1.02 bits per heavy atom. The van der Waals surface area contributed by atoms with Gasteiger partial charge in [0.05, 0.1) is 24.9 Å². The minimum Gasteiger partial charge on any atom is -0.464 e. The molecular formula is C35H68N2O5. The van der Waals surface area contributed by atoms with E-state index in [0.717, 1.165) is 57.9 Å². The third kappa shape index (κ3) is 19.5. The molecule has 0 aliphatic carbocycles. The van der Waals surface area contributed by atoms with Crippen LogP contribution in [0.1, 0.15) is 151 Å². The van der Waals surface area contributed by atoms with Crippen molar-refractivity contribution in [1.29, 1.82) is 0 Å². The molecule has 0 aromatic heterocycles. The van der Waals surface area contributed by atoms with Gasteiger partial charge in [-0.2, -0.15) is 0 Å². The third-order valence-electron chi connectivity index (χ3n) is 8.75. The van der Waals surface area contributed by atoms with E-state index in [1.165, 1.54) is 51.4 Å². The third-order valence-corrected chi connectivity index (χ3v) is 8.75. The van der Waals surface area contributed by atoms with Crippen molar-refractivity contribution in [3.05, 3.63) is 0 Å². The smallest absolute Gasteiger partial charge is 0.308 e. The predicted molar refractivity (Wildman–Crippen MR) is 174 cm³/mol. The van der Waals surface area contributed by atoms with Gasteiger partial charge < -0.3 is 19.3 Å². The van der Waals surface area contributed by atoms with E-state index in [2.05, 4.69) is 25.7 Å². The van der Waals surface area contributed by atoms with Crippen LogP contribution in [0, 0.1) is 11.8 Å². The largest absolute Gasteiger partial charge is 0.464 e. The molecule has 0 saturated heterocycles. The maximum Gasteiger partial charge on any atom is 0.308 e. The van der Waals surface area contributed by atoms with Gasteiger partial charge in [0.25, 0.3) is 0 Å². The molecule has 0 fully saturated rings. The summed E-state index contributed by atoms with van der Waals surface area (Å²) in [6.07, 6.45) is 18.1. The van der Waals surface area contributed by atoms with Crippen molar-refractivity contribution in [2.75, 3.05) is 39.9 Å². The fourth-order valence-corrected chi connectivity index (χ4v) is 5.28. The normalized spacial score (nSPS) is 13.5. The van der Waals surface area contributed by atoms with Gasteiger partial charge in [0.15, 0.2) is 0 Å². The Balaban J connectivity index is 4.85. The number of carbonyl (C=O) groups excluding carboxylic acids is 3. The quantitative estimate of drug-likeness (QED) is 0.0670. The summed E-state index contributed by atoms with van der Waals surface area (Å²) in [5.74, 6) is -0.503. The maximum atomic E-state index is 13.2. The first kappa shape index (κ1) is 40.4. The Bertz CT molecular complexity index is 644. The van der Waals surface area contributed by atoms with Crippen LogP contribution in [0.3, 0.4) is 0 Å². The molecule has 1 amide bonds. The van der Waals surface area contributed by atoms with Crippen LogP contribution in [-0.2, 0) is 23.9 Å². The summed E-state index contributed by atoms with van der Waals surface area (Å²) in [6.45, 7) is 14.4. The van der Waals surface area contributed by atoms with Gasteiger partial charge >= 0.3 is 11.9 Å². The Morgan fingerprint density at radius 3 is 1.40 bits per heavy atom. The molecule has 0 heterocycles. The van der Waals surface area contributed by atoms with E-state index in [4.69, 9.17) is 9.47 Å². The molecule has 0 radical (unpaired) electrons. The van der Waals surface area contributed by atoms with E-state index >= 15 is 0 Å². The van der Waals surface area contributed by atoms with Gasteiger partial charge in [-0.05, 0) is 46.2 Å². The zero-order chi connectivity index (χ0) is 31.6. The Labute approximate surface area is 259 Å². The average Bonchev–Trinajstić information content (AvgIpc) is 2.98. The Morgan fingerprint density at radius 1 is 0.619 bits per heavy atom. The van der Waals surface area contributed by atoms with Gasteiger partial charge in [-0.3, -0.25) is 14.4 Å². The summed E-state index contributed by atoms with van der Waals surface area (Å²) in [6, 6.07) is 0.0960. The van der Waals surface area contributed by atoms with Crippen molar-refractivity contribution in [2.45, 2.75) is 157 Å². The molecule has 0 aromatic carbocycles. The molecule has 0 bridgehead atoms. The van der Waals surface area contributed by atoms with E-state index in [-0.39, 0.29) is 48.9 Å². The number of rotatable bonds is 28. The highest BCUT2D eigenvalue weighted by molar-refractivity contribution is 5.77. The fraction of sp³-hybridized carbons (Fsp3) is 0.914. The lowest BCUT2D eigenvalue weighted by Crippen LogP contribution is -2.41. The molecule has 3 atom stereocenters. The minimum atomic E-state index is -0.163. The predicted octanol–water partition coefficient (Wildman–Crippen LogP) is 8.19.